The molecule has 0 saturated carbocycles. The molecule has 2 N–H and O–H groups in total. The molecule has 1 atom stereocenters. The van der Waals surface area contributed by atoms with Gasteiger partial charge in [0.15, 0.2) is 5.96 Å². The smallest absolute Gasteiger partial charge is 0.191 e. The summed E-state index contributed by atoms with van der Waals surface area (Å²) in [5, 5.41) is 11.1. The van der Waals surface area contributed by atoms with Gasteiger partial charge in [-0.05, 0) is 47.8 Å². The fraction of sp³-hybridized carbons (Fsp3) is 0.688. The third-order valence-corrected chi connectivity index (χ3v) is 4.32. The first-order valence-corrected chi connectivity index (χ1v) is 8.84. The largest absolute Gasteiger partial charge is 0.356 e. The number of rotatable bonds is 9. The molecule has 0 aliphatic rings. The zero-order valence-electron chi connectivity index (χ0n) is 14.3. The second-order valence-corrected chi connectivity index (χ2v) is 6.05. The Hall–Kier alpha value is -0.340. The van der Waals surface area contributed by atoms with Crippen LogP contribution >= 0.6 is 35.3 Å². The summed E-state index contributed by atoms with van der Waals surface area (Å²) < 4.78 is 0. The van der Waals surface area contributed by atoms with Gasteiger partial charge in [0.05, 0.1) is 0 Å². The minimum atomic E-state index is 0. The molecule has 0 radical (unpaired) electrons. The number of thiophene rings is 1. The van der Waals surface area contributed by atoms with Crippen LogP contribution in [0.4, 0.5) is 0 Å². The van der Waals surface area contributed by atoms with Crippen LogP contribution in [-0.4, -0.2) is 50.6 Å². The summed E-state index contributed by atoms with van der Waals surface area (Å²) in [5.41, 5.74) is 1.39. The molecular formula is C16H31IN4S. The average Bonchev–Trinajstić information content (AvgIpc) is 3.03. The van der Waals surface area contributed by atoms with Gasteiger partial charge in [-0.2, -0.15) is 11.3 Å². The fourth-order valence-corrected chi connectivity index (χ4v) is 3.00. The lowest BCUT2D eigenvalue weighted by Crippen LogP contribution is -2.42. The van der Waals surface area contributed by atoms with Crippen LogP contribution < -0.4 is 10.6 Å². The van der Waals surface area contributed by atoms with Crippen molar-refractivity contribution in [2.45, 2.75) is 33.1 Å². The van der Waals surface area contributed by atoms with Crippen LogP contribution in [0.2, 0.25) is 0 Å². The third-order valence-electron chi connectivity index (χ3n) is 3.62. The van der Waals surface area contributed by atoms with Gasteiger partial charge in [0.25, 0.3) is 0 Å². The van der Waals surface area contributed by atoms with E-state index in [-0.39, 0.29) is 24.0 Å². The lowest BCUT2D eigenvalue weighted by Gasteiger charge is -2.21. The molecule has 0 aromatic carbocycles. The molecule has 6 heteroatoms. The minimum absolute atomic E-state index is 0. The maximum absolute atomic E-state index is 4.29. The molecule has 0 aliphatic carbocycles. The second kappa shape index (κ2) is 13.1. The summed E-state index contributed by atoms with van der Waals surface area (Å²) in [5.74, 6) is 1.40. The molecule has 0 saturated heterocycles. The molecule has 4 nitrogen and oxygen atoms in total. The summed E-state index contributed by atoms with van der Waals surface area (Å²) in [6, 6.07) is 2.19. The van der Waals surface area contributed by atoms with Gasteiger partial charge < -0.3 is 15.5 Å². The van der Waals surface area contributed by atoms with Crippen LogP contribution in [0.25, 0.3) is 0 Å². The Bertz CT molecular complexity index is 395. The summed E-state index contributed by atoms with van der Waals surface area (Å²) in [6.45, 7) is 11.8. The molecule has 0 fully saturated rings. The van der Waals surface area contributed by atoms with Crippen molar-refractivity contribution in [1.82, 2.24) is 15.5 Å². The topological polar surface area (TPSA) is 39.7 Å². The summed E-state index contributed by atoms with van der Waals surface area (Å²) in [6.07, 6.45) is 1.21. The van der Waals surface area contributed by atoms with Crippen molar-refractivity contribution in [2.75, 3.05) is 39.8 Å². The van der Waals surface area contributed by atoms with E-state index in [2.05, 4.69) is 58.1 Å². The molecule has 0 amide bonds. The normalized spacial score (nSPS) is 12.9. The van der Waals surface area contributed by atoms with Crippen LogP contribution in [0.1, 0.15) is 38.7 Å². The van der Waals surface area contributed by atoms with E-state index >= 15 is 0 Å². The van der Waals surface area contributed by atoms with Crippen molar-refractivity contribution in [1.29, 1.82) is 0 Å². The van der Waals surface area contributed by atoms with E-state index in [9.17, 15) is 0 Å². The Morgan fingerprint density at radius 2 is 2.09 bits per heavy atom. The summed E-state index contributed by atoms with van der Waals surface area (Å²) in [4.78, 5) is 6.74. The predicted molar refractivity (Wildman–Crippen MR) is 110 cm³/mol. The van der Waals surface area contributed by atoms with Gasteiger partial charge in [-0.15, -0.1) is 24.0 Å². The molecule has 1 aromatic rings. The highest BCUT2D eigenvalue weighted by molar-refractivity contribution is 14.0. The molecule has 0 spiro atoms. The van der Waals surface area contributed by atoms with Crippen molar-refractivity contribution in [3.05, 3.63) is 22.4 Å². The third kappa shape index (κ3) is 8.33. The number of guanidine groups is 1. The Morgan fingerprint density at radius 1 is 1.32 bits per heavy atom. The first-order valence-electron chi connectivity index (χ1n) is 7.90. The highest BCUT2D eigenvalue weighted by Gasteiger charge is 2.07. The Balaban J connectivity index is 0.00000441. The number of nitrogens with zero attached hydrogens (tertiary/aromatic N) is 2. The van der Waals surface area contributed by atoms with Crippen molar-refractivity contribution in [3.63, 3.8) is 0 Å². The Labute approximate surface area is 156 Å². The number of likely N-dealkylation sites (N-methyl/N-ethyl adjacent to an activating group) is 1. The van der Waals surface area contributed by atoms with E-state index in [4.69, 9.17) is 0 Å². The zero-order valence-corrected chi connectivity index (χ0v) is 17.4. The van der Waals surface area contributed by atoms with Gasteiger partial charge in [0, 0.05) is 26.7 Å². The Morgan fingerprint density at radius 3 is 2.64 bits per heavy atom. The predicted octanol–water partition coefficient (Wildman–Crippen LogP) is 3.37. The number of nitrogens with one attached hydrogen (secondary N) is 2. The summed E-state index contributed by atoms with van der Waals surface area (Å²) >= 11 is 1.75. The van der Waals surface area contributed by atoms with E-state index in [0.29, 0.717) is 5.92 Å². The quantitative estimate of drug-likeness (QED) is 0.353. The van der Waals surface area contributed by atoms with Crippen LogP contribution in [-0.2, 0) is 0 Å². The van der Waals surface area contributed by atoms with Gasteiger partial charge in [-0.3, -0.25) is 4.99 Å². The van der Waals surface area contributed by atoms with Gasteiger partial charge >= 0.3 is 0 Å². The maximum Gasteiger partial charge on any atom is 0.191 e. The highest BCUT2D eigenvalue weighted by Crippen LogP contribution is 2.16. The first kappa shape index (κ1) is 21.7. The SMILES string of the molecule is CCCN(CC)CCNC(=NC)NCC(C)c1ccsc1.I. The number of hydrogen-bond donors (Lipinski definition) is 2. The molecule has 1 rings (SSSR count). The molecular weight excluding hydrogens is 407 g/mol. The van der Waals surface area contributed by atoms with Gasteiger partial charge in [-0.1, -0.05) is 20.8 Å². The molecule has 128 valence electrons. The van der Waals surface area contributed by atoms with Crippen molar-refractivity contribution in [3.8, 4) is 0 Å². The van der Waals surface area contributed by atoms with E-state index in [1.54, 1.807) is 11.3 Å². The lowest BCUT2D eigenvalue weighted by molar-refractivity contribution is 0.293. The van der Waals surface area contributed by atoms with E-state index in [0.717, 1.165) is 32.1 Å². The molecule has 0 aliphatic heterocycles. The van der Waals surface area contributed by atoms with Gasteiger partial charge in [-0.25, -0.2) is 0 Å². The van der Waals surface area contributed by atoms with E-state index in [1.807, 2.05) is 7.05 Å². The number of hydrogen-bond acceptors (Lipinski definition) is 3. The van der Waals surface area contributed by atoms with Crippen LogP contribution in [0.5, 0.6) is 0 Å². The zero-order chi connectivity index (χ0) is 15.5. The fourth-order valence-electron chi connectivity index (χ4n) is 2.22. The second-order valence-electron chi connectivity index (χ2n) is 5.27. The minimum Gasteiger partial charge on any atom is -0.356 e. The molecule has 1 aromatic heterocycles. The van der Waals surface area contributed by atoms with Crippen molar-refractivity contribution >= 4 is 41.3 Å². The van der Waals surface area contributed by atoms with Crippen molar-refractivity contribution < 1.29 is 0 Å². The molecule has 0 bridgehead atoms. The standard InChI is InChI=1S/C16H30N4S.HI/c1-5-9-20(6-2)10-8-18-16(17-4)19-12-14(3)15-7-11-21-13-15;/h7,11,13-14H,5-6,8-10,12H2,1-4H3,(H2,17,18,19);1H. The maximum atomic E-state index is 4.29. The monoisotopic (exact) mass is 438 g/mol. The molecule has 1 unspecified atom stereocenters. The van der Waals surface area contributed by atoms with E-state index < -0.39 is 0 Å². The average molecular weight is 438 g/mol. The Kier molecular flexibility index (Phi) is 12.9. The molecule has 22 heavy (non-hydrogen) atoms. The summed E-state index contributed by atoms with van der Waals surface area (Å²) in [7, 11) is 1.83. The van der Waals surface area contributed by atoms with Crippen LogP contribution in [0, 0.1) is 0 Å². The first-order chi connectivity index (χ1) is 10.2. The number of aliphatic imine (C=N–C) groups is 1. The van der Waals surface area contributed by atoms with Gasteiger partial charge in [0.1, 0.15) is 0 Å². The number of halogens is 1. The highest BCUT2D eigenvalue weighted by atomic mass is 127. The van der Waals surface area contributed by atoms with Crippen LogP contribution in [0.3, 0.4) is 0 Å². The van der Waals surface area contributed by atoms with Gasteiger partial charge in [0.2, 0.25) is 0 Å². The van der Waals surface area contributed by atoms with Crippen molar-refractivity contribution in [2.24, 2.45) is 4.99 Å². The lowest BCUT2D eigenvalue weighted by atomic mass is 10.1. The molecule has 1 heterocycles. The van der Waals surface area contributed by atoms with Crippen LogP contribution in [0.15, 0.2) is 21.8 Å². The van der Waals surface area contributed by atoms with E-state index in [1.165, 1.54) is 18.5 Å².